The second-order valence-corrected chi connectivity index (χ2v) is 10.8. The minimum Gasteiger partial charge on any atom is -0.354 e. The molecule has 3 aliphatic heterocycles. The van der Waals surface area contributed by atoms with E-state index < -0.39 is 10.0 Å². The Morgan fingerprint density at radius 2 is 1.50 bits per heavy atom. The second kappa shape index (κ2) is 9.70. The van der Waals surface area contributed by atoms with Gasteiger partial charge in [0.25, 0.3) is 0 Å². The van der Waals surface area contributed by atoms with Crippen molar-refractivity contribution in [2.45, 2.75) is 45.4 Å². The number of sulfonamides is 1. The van der Waals surface area contributed by atoms with E-state index in [9.17, 15) is 18.0 Å². The summed E-state index contributed by atoms with van der Waals surface area (Å²) >= 11 is 0. The summed E-state index contributed by atoms with van der Waals surface area (Å²) in [5, 5.41) is 0. The number of likely N-dealkylation sites (tertiary alicyclic amines) is 1. The molecule has 0 saturated carbocycles. The SMILES string of the molecule is Cc1cc(N2CCN(S(=O)(=O)CCN3C(=O)CCCC3=O)CC2)nc(N2CCCCC2)n1. The van der Waals surface area contributed by atoms with E-state index in [1.54, 1.807) is 0 Å². The normalized spacial score (nSPS) is 21.3. The minimum absolute atomic E-state index is 0.0650. The van der Waals surface area contributed by atoms with Crippen molar-refractivity contribution in [2.75, 3.05) is 61.4 Å². The van der Waals surface area contributed by atoms with Gasteiger partial charge in [-0.05, 0) is 32.6 Å². The molecule has 1 aromatic heterocycles. The number of imide groups is 1. The number of hydrogen-bond donors (Lipinski definition) is 0. The van der Waals surface area contributed by atoms with E-state index in [0.717, 1.165) is 48.3 Å². The van der Waals surface area contributed by atoms with Crippen LogP contribution in [-0.2, 0) is 19.6 Å². The summed E-state index contributed by atoms with van der Waals surface area (Å²) in [6.45, 7) is 5.62. The molecule has 0 atom stereocenters. The highest BCUT2D eigenvalue weighted by Gasteiger charge is 2.31. The van der Waals surface area contributed by atoms with Gasteiger partial charge in [0, 0.05) is 70.4 Å². The third-order valence-electron chi connectivity index (χ3n) is 6.38. The smallest absolute Gasteiger partial charge is 0.229 e. The number of aryl methyl sites for hydroxylation is 1. The van der Waals surface area contributed by atoms with Crippen LogP contribution >= 0.6 is 0 Å². The van der Waals surface area contributed by atoms with Crippen LogP contribution in [-0.4, -0.2) is 91.0 Å². The predicted molar refractivity (Wildman–Crippen MR) is 121 cm³/mol. The molecule has 1 aromatic rings. The van der Waals surface area contributed by atoms with Crippen molar-refractivity contribution in [1.29, 1.82) is 0 Å². The van der Waals surface area contributed by atoms with E-state index in [4.69, 9.17) is 4.98 Å². The van der Waals surface area contributed by atoms with Crippen molar-refractivity contribution >= 4 is 33.6 Å². The molecule has 2 amide bonds. The van der Waals surface area contributed by atoms with Gasteiger partial charge in [-0.15, -0.1) is 0 Å². The van der Waals surface area contributed by atoms with E-state index in [1.165, 1.54) is 10.7 Å². The Hall–Kier alpha value is -2.27. The maximum absolute atomic E-state index is 12.8. The zero-order valence-electron chi connectivity index (χ0n) is 18.7. The first-order valence-electron chi connectivity index (χ1n) is 11.5. The molecule has 0 spiro atoms. The molecule has 0 aromatic carbocycles. The lowest BCUT2D eigenvalue weighted by molar-refractivity contribution is -0.147. The molecule has 11 heteroatoms. The lowest BCUT2D eigenvalue weighted by Gasteiger charge is -2.36. The minimum atomic E-state index is -3.55. The first-order chi connectivity index (χ1) is 15.3. The Morgan fingerprint density at radius 1 is 0.844 bits per heavy atom. The van der Waals surface area contributed by atoms with Gasteiger partial charge in [-0.1, -0.05) is 0 Å². The van der Waals surface area contributed by atoms with Crippen LogP contribution in [0.1, 0.15) is 44.2 Å². The van der Waals surface area contributed by atoms with Crippen molar-refractivity contribution in [1.82, 2.24) is 19.2 Å². The monoisotopic (exact) mass is 464 g/mol. The summed E-state index contributed by atoms with van der Waals surface area (Å²) in [6, 6.07) is 1.95. The quantitative estimate of drug-likeness (QED) is 0.568. The molecule has 0 N–H and O–H groups in total. The Balaban J connectivity index is 1.35. The number of anilines is 2. The van der Waals surface area contributed by atoms with Gasteiger partial charge in [0.1, 0.15) is 5.82 Å². The van der Waals surface area contributed by atoms with Crippen LogP contribution in [0.2, 0.25) is 0 Å². The van der Waals surface area contributed by atoms with Crippen LogP contribution in [0.15, 0.2) is 6.07 Å². The number of piperidine rings is 2. The molecule has 0 unspecified atom stereocenters. The van der Waals surface area contributed by atoms with E-state index in [-0.39, 0.29) is 24.1 Å². The van der Waals surface area contributed by atoms with Crippen LogP contribution in [0, 0.1) is 6.92 Å². The number of amides is 2. The van der Waals surface area contributed by atoms with Gasteiger partial charge in [-0.3, -0.25) is 14.5 Å². The number of carbonyl (C=O) groups excluding carboxylic acids is 2. The van der Waals surface area contributed by atoms with Gasteiger partial charge in [0.15, 0.2) is 0 Å². The molecule has 10 nitrogen and oxygen atoms in total. The molecule has 0 bridgehead atoms. The van der Waals surface area contributed by atoms with Crippen molar-refractivity contribution in [2.24, 2.45) is 0 Å². The first kappa shape index (κ1) is 22.9. The summed E-state index contributed by atoms with van der Waals surface area (Å²) in [4.78, 5) is 38.7. The van der Waals surface area contributed by atoms with Crippen molar-refractivity contribution in [3.8, 4) is 0 Å². The average molecular weight is 465 g/mol. The standard InChI is InChI=1S/C21H32N6O4S/c1-17-16-18(23-21(22-17)25-8-3-2-4-9-25)24-10-12-26(13-11-24)32(30,31)15-14-27-19(28)6-5-7-20(27)29/h16H,2-15H2,1H3. The van der Waals surface area contributed by atoms with Gasteiger partial charge >= 0.3 is 0 Å². The molecular formula is C21H32N6O4S. The molecule has 3 saturated heterocycles. The Morgan fingerprint density at radius 3 is 2.16 bits per heavy atom. The Bertz CT molecular complexity index is 939. The van der Waals surface area contributed by atoms with Crippen molar-refractivity contribution in [3.05, 3.63) is 11.8 Å². The lowest BCUT2D eigenvalue weighted by atomic mass is 10.1. The van der Waals surface area contributed by atoms with Gasteiger partial charge in [-0.2, -0.15) is 9.29 Å². The van der Waals surface area contributed by atoms with Crippen LogP contribution in [0.25, 0.3) is 0 Å². The summed E-state index contributed by atoms with van der Waals surface area (Å²) < 4.78 is 27.1. The molecule has 0 radical (unpaired) electrons. The molecule has 176 valence electrons. The zero-order valence-corrected chi connectivity index (χ0v) is 19.5. The fourth-order valence-corrected chi connectivity index (χ4v) is 5.91. The largest absolute Gasteiger partial charge is 0.354 e. The predicted octanol–water partition coefficient (Wildman–Crippen LogP) is 0.766. The number of rotatable bonds is 6. The molecule has 32 heavy (non-hydrogen) atoms. The molecule has 4 heterocycles. The van der Waals surface area contributed by atoms with Gasteiger partial charge < -0.3 is 9.80 Å². The number of aromatic nitrogens is 2. The Labute approximate surface area is 189 Å². The fraction of sp³-hybridized carbons (Fsp3) is 0.714. The summed E-state index contributed by atoms with van der Waals surface area (Å²) in [5.74, 6) is 0.816. The van der Waals surface area contributed by atoms with Gasteiger partial charge in [0.05, 0.1) is 5.75 Å². The van der Waals surface area contributed by atoms with E-state index in [0.29, 0.717) is 45.4 Å². The summed E-state index contributed by atoms with van der Waals surface area (Å²) in [6.07, 6.45) is 4.70. The molecule has 4 rings (SSSR count). The fourth-order valence-electron chi connectivity index (χ4n) is 4.51. The summed E-state index contributed by atoms with van der Waals surface area (Å²) in [7, 11) is -3.55. The van der Waals surface area contributed by atoms with E-state index in [1.807, 2.05) is 13.0 Å². The number of nitrogens with zero attached hydrogens (tertiary/aromatic N) is 6. The van der Waals surface area contributed by atoms with E-state index in [2.05, 4.69) is 14.8 Å². The van der Waals surface area contributed by atoms with Gasteiger partial charge in [-0.25, -0.2) is 13.4 Å². The number of piperazine rings is 1. The highest BCUT2D eigenvalue weighted by atomic mass is 32.2. The third kappa shape index (κ3) is 5.20. The van der Waals surface area contributed by atoms with Crippen LogP contribution < -0.4 is 9.80 Å². The molecule has 0 aliphatic carbocycles. The zero-order chi connectivity index (χ0) is 22.7. The second-order valence-electron chi connectivity index (χ2n) is 8.71. The highest BCUT2D eigenvalue weighted by Crippen LogP contribution is 2.22. The molecule has 3 aliphatic rings. The number of hydrogen-bond acceptors (Lipinski definition) is 8. The Kier molecular flexibility index (Phi) is 6.94. The average Bonchev–Trinajstić information content (AvgIpc) is 2.79. The number of carbonyl (C=O) groups is 2. The van der Waals surface area contributed by atoms with Crippen LogP contribution in [0.5, 0.6) is 0 Å². The van der Waals surface area contributed by atoms with Crippen molar-refractivity contribution in [3.63, 3.8) is 0 Å². The maximum atomic E-state index is 12.8. The molecular weight excluding hydrogens is 432 g/mol. The summed E-state index contributed by atoms with van der Waals surface area (Å²) in [5.41, 5.74) is 0.904. The van der Waals surface area contributed by atoms with Crippen LogP contribution in [0.3, 0.4) is 0 Å². The first-order valence-corrected chi connectivity index (χ1v) is 13.1. The topological polar surface area (TPSA) is 107 Å². The van der Waals surface area contributed by atoms with Crippen LogP contribution in [0.4, 0.5) is 11.8 Å². The third-order valence-corrected chi connectivity index (χ3v) is 8.23. The maximum Gasteiger partial charge on any atom is 0.229 e. The van der Waals surface area contributed by atoms with Crippen molar-refractivity contribution < 1.29 is 18.0 Å². The van der Waals surface area contributed by atoms with E-state index >= 15 is 0 Å². The molecule has 3 fully saturated rings. The highest BCUT2D eigenvalue weighted by molar-refractivity contribution is 7.89. The van der Waals surface area contributed by atoms with Gasteiger partial charge in [0.2, 0.25) is 27.8 Å². The lowest BCUT2D eigenvalue weighted by Crippen LogP contribution is -2.51.